The monoisotopic (exact) mass is 336 g/mol. The Morgan fingerprint density at radius 1 is 0.880 bits per heavy atom. The van der Waals surface area contributed by atoms with Crippen LogP contribution in [0, 0.1) is 10.1 Å². The Morgan fingerprint density at radius 3 is 2.16 bits per heavy atom. The first-order valence-corrected chi connectivity index (χ1v) is 7.60. The van der Waals surface area contributed by atoms with Gasteiger partial charge in [0.2, 0.25) is 0 Å². The van der Waals surface area contributed by atoms with Crippen LogP contribution in [0.5, 0.6) is 17.2 Å². The van der Waals surface area contributed by atoms with Crippen LogP contribution in [-0.2, 0) is 6.61 Å². The molecule has 3 rings (SSSR count). The van der Waals surface area contributed by atoms with Crippen molar-refractivity contribution < 1.29 is 14.4 Å². The molecule has 0 spiro atoms. The van der Waals surface area contributed by atoms with Crippen molar-refractivity contribution in [2.24, 2.45) is 0 Å². The van der Waals surface area contributed by atoms with Crippen molar-refractivity contribution in [3.05, 3.63) is 88.5 Å². The first-order valence-electron chi connectivity index (χ1n) is 7.60. The number of hydrogen-bond donors (Lipinski definition) is 1. The summed E-state index contributed by atoms with van der Waals surface area (Å²) in [4.78, 5) is 10.2. The number of nitrogens with two attached hydrogens (primary N) is 1. The third kappa shape index (κ3) is 4.26. The van der Waals surface area contributed by atoms with Gasteiger partial charge in [0, 0.05) is 12.1 Å². The van der Waals surface area contributed by atoms with E-state index in [0.29, 0.717) is 18.1 Å². The second-order valence-corrected chi connectivity index (χ2v) is 5.33. The molecule has 0 aliphatic carbocycles. The Morgan fingerprint density at radius 2 is 1.52 bits per heavy atom. The summed E-state index contributed by atoms with van der Waals surface area (Å²) in [7, 11) is 0. The molecule has 3 aromatic rings. The van der Waals surface area contributed by atoms with E-state index in [9.17, 15) is 10.1 Å². The van der Waals surface area contributed by atoms with Crippen molar-refractivity contribution >= 4 is 11.4 Å². The van der Waals surface area contributed by atoms with E-state index >= 15 is 0 Å². The van der Waals surface area contributed by atoms with Crippen LogP contribution in [0.25, 0.3) is 0 Å². The average molecular weight is 336 g/mol. The maximum Gasteiger partial charge on any atom is 0.292 e. The highest BCUT2D eigenvalue weighted by Gasteiger charge is 2.12. The van der Waals surface area contributed by atoms with Gasteiger partial charge in [0.1, 0.15) is 29.5 Å². The van der Waals surface area contributed by atoms with E-state index < -0.39 is 4.92 Å². The normalized spacial score (nSPS) is 10.2. The number of nitrogens with zero attached hydrogens (tertiary/aromatic N) is 1. The van der Waals surface area contributed by atoms with Crippen LogP contribution in [0.1, 0.15) is 5.56 Å². The second kappa shape index (κ2) is 7.35. The summed E-state index contributed by atoms with van der Waals surface area (Å²) in [5.74, 6) is 1.74. The fourth-order valence-electron chi connectivity index (χ4n) is 2.24. The molecule has 0 amide bonds. The van der Waals surface area contributed by atoms with Gasteiger partial charge in [-0.2, -0.15) is 0 Å². The number of nitro benzene ring substituents is 1. The number of nitro groups is 1. The smallest absolute Gasteiger partial charge is 0.292 e. The Balaban J connectivity index is 1.62. The zero-order valence-electron chi connectivity index (χ0n) is 13.3. The highest BCUT2D eigenvalue weighted by atomic mass is 16.6. The molecule has 0 unspecified atom stereocenters. The third-order valence-electron chi connectivity index (χ3n) is 3.50. The second-order valence-electron chi connectivity index (χ2n) is 5.33. The quantitative estimate of drug-likeness (QED) is 0.405. The zero-order chi connectivity index (χ0) is 17.6. The molecule has 0 bridgehead atoms. The summed E-state index contributed by atoms with van der Waals surface area (Å²) >= 11 is 0. The number of benzene rings is 3. The summed E-state index contributed by atoms with van der Waals surface area (Å²) in [6.07, 6.45) is 0. The molecule has 2 N–H and O–H groups in total. The highest BCUT2D eigenvalue weighted by Crippen LogP contribution is 2.30. The fourth-order valence-corrected chi connectivity index (χ4v) is 2.24. The van der Waals surface area contributed by atoms with Gasteiger partial charge < -0.3 is 15.2 Å². The lowest BCUT2D eigenvalue weighted by Gasteiger charge is -2.09. The van der Waals surface area contributed by atoms with Crippen LogP contribution in [0.2, 0.25) is 0 Å². The lowest BCUT2D eigenvalue weighted by Crippen LogP contribution is -1.96. The molecule has 0 saturated carbocycles. The molecule has 126 valence electrons. The van der Waals surface area contributed by atoms with Gasteiger partial charge in [0.15, 0.2) is 0 Å². The van der Waals surface area contributed by atoms with E-state index in [1.54, 1.807) is 24.3 Å². The van der Waals surface area contributed by atoms with Gasteiger partial charge in [-0.1, -0.05) is 30.3 Å². The molecule has 0 aliphatic heterocycles. The van der Waals surface area contributed by atoms with Gasteiger partial charge in [0.25, 0.3) is 5.69 Å². The van der Waals surface area contributed by atoms with Gasteiger partial charge in [-0.25, -0.2) is 0 Å². The number of rotatable bonds is 6. The maximum absolute atomic E-state index is 10.8. The predicted molar refractivity (Wildman–Crippen MR) is 94.8 cm³/mol. The topological polar surface area (TPSA) is 87.6 Å². The molecule has 6 nitrogen and oxygen atoms in total. The van der Waals surface area contributed by atoms with Crippen LogP contribution in [0.3, 0.4) is 0 Å². The molecular weight excluding hydrogens is 320 g/mol. The summed E-state index contributed by atoms with van der Waals surface area (Å²) in [6, 6.07) is 21.3. The molecule has 0 saturated heterocycles. The van der Waals surface area contributed by atoms with E-state index in [4.69, 9.17) is 15.2 Å². The van der Waals surface area contributed by atoms with Crippen LogP contribution >= 0.6 is 0 Å². The first kappa shape index (κ1) is 16.3. The molecule has 0 aliphatic rings. The summed E-state index contributed by atoms with van der Waals surface area (Å²) in [5, 5.41) is 10.8. The van der Waals surface area contributed by atoms with Gasteiger partial charge in [0.05, 0.1) is 4.92 Å². The minimum absolute atomic E-state index is 0.0605. The zero-order valence-corrected chi connectivity index (χ0v) is 13.3. The summed E-state index contributed by atoms with van der Waals surface area (Å²) in [6.45, 7) is 0.486. The lowest BCUT2D eigenvalue weighted by molar-refractivity contribution is -0.383. The van der Waals surface area contributed by atoms with Crippen molar-refractivity contribution in [1.82, 2.24) is 0 Å². The number of hydrogen-bond acceptors (Lipinski definition) is 5. The van der Waals surface area contributed by atoms with Crippen LogP contribution in [0.4, 0.5) is 11.4 Å². The predicted octanol–water partition coefficient (Wildman–Crippen LogP) is 4.55. The van der Waals surface area contributed by atoms with Gasteiger partial charge in [-0.05, 0) is 35.9 Å². The van der Waals surface area contributed by atoms with E-state index in [2.05, 4.69) is 0 Å². The van der Waals surface area contributed by atoms with E-state index in [0.717, 1.165) is 11.3 Å². The van der Waals surface area contributed by atoms with E-state index in [-0.39, 0.29) is 11.4 Å². The highest BCUT2D eigenvalue weighted by molar-refractivity contribution is 5.61. The molecule has 0 fully saturated rings. The van der Waals surface area contributed by atoms with E-state index in [1.807, 2.05) is 30.3 Å². The molecule has 6 heteroatoms. The summed E-state index contributed by atoms with van der Waals surface area (Å²) in [5.41, 5.74) is 6.66. The van der Waals surface area contributed by atoms with Crippen LogP contribution in [-0.4, -0.2) is 4.92 Å². The number of ether oxygens (including phenoxy) is 2. The molecule has 3 aromatic carbocycles. The molecule has 0 aromatic heterocycles. The summed E-state index contributed by atoms with van der Waals surface area (Å²) < 4.78 is 11.4. The number of anilines is 1. The molecule has 25 heavy (non-hydrogen) atoms. The third-order valence-corrected chi connectivity index (χ3v) is 3.50. The van der Waals surface area contributed by atoms with Crippen molar-refractivity contribution in [1.29, 1.82) is 0 Å². The molecular formula is C19H16N2O4. The number of nitrogen functional groups attached to an aromatic ring is 1. The molecule has 0 atom stereocenters. The largest absolute Gasteiger partial charge is 0.489 e. The Bertz CT molecular complexity index is 864. The first-order chi connectivity index (χ1) is 12.1. The maximum atomic E-state index is 10.8. The van der Waals surface area contributed by atoms with Crippen molar-refractivity contribution in [2.75, 3.05) is 5.73 Å². The minimum Gasteiger partial charge on any atom is -0.489 e. The minimum atomic E-state index is -0.530. The molecule has 0 heterocycles. The average Bonchev–Trinajstić information content (AvgIpc) is 2.62. The van der Waals surface area contributed by atoms with Gasteiger partial charge in [-0.3, -0.25) is 10.1 Å². The lowest BCUT2D eigenvalue weighted by atomic mass is 10.2. The molecule has 0 radical (unpaired) electrons. The van der Waals surface area contributed by atoms with Gasteiger partial charge >= 0.3 is 0 Å². The fraction of sp³-hybridized carbons (Fsp3) is 0.0526. The Kier molecular flexibility index (Phi) is 4.80. The van der Waals surface area contributed by atoms with Gasteiger partial charge in [-0.15, -0.1) is 0 Å². The SMILES string of the molecule is Nc1cc(Oc2ccc(OCc3ccccc3)cc2)ccc1[N+](=O)[O-]. The Hall–Kier alpha value is -3.54. The van der Waals surface area contributed by atoms with Crippen molar-refractivity contribution in [3.63, 3.8) is 0 Å². The van der Waals surface area contributed by atoms with Crippen molar-refractivity contribution in [3.8, 4) is 17.2 Å². The van der Waals surface area contributed by atoms with Crippen LogP contribution in [0.15, 0.2) is 72.8 Å². The Labute approximate surface area is 144 Å². The van der Waals surface area contributed by atoms with E-state index in [1.165, 1.54) is 18.2 Å². The van der Waals surface area contributed by atoms with Crippen LogP contribution < -0.4 is 15.2 Å². The van der Waals surface area contributed by atoms with Crippen molar-refractivity contribution in [2.45, 2.75) is 6.61 Å². The standard InChI is InChI=1S/C19H16N2O4/c20-18-12-17(10-11-19(18)21(22)23)25-16-8-6-15(7-9-16)24-13-14-4-2-1-3-5-14/h1-12H,13,20H2.